The topological polar surface area (TPSA) is 88.8 Å². The predicted octanol–water partition coefficient (Wildman–Crippen LogP) is 3.99. The minimum Gasteiger partial charge on any atom is -0.475 e. The summed E-state index contributed by atoms with van der Waals surface area (Å²) < 4.78 is 10.4. The molecule has 22 heavy (non-hydrogen) atoms. The molecule has 1 aromatic heterocycles. The average molecular weight is 303 g/mol. The number of carbonyl (C=O) groups excluding carboxylic acids is 1. The van der Waals surface area contributed by atoms with Crippen LogP contribution < -0.4 is 5.32 Å². The minimum absolute atomic E-state index is 0.138. The first kappa shape index (κ1) is 15.6. The molecule has 2 aromatic rings. The molecule has 116 valence electrons. The molecule has 1 aromatic carbocycles. The molecule has 0 aliphatic rings. The lowest BCUT2D eigenvalue weighted by atomic mass is 10.1. The Morgan fingerprint density at radius 3 is 2.50 bits per heavy atom. The Bertz CT molecular complexity index is 697. The lowest BCUT2D eigenvalue weighted by molar-refractivity contribution is 0.0632. The van der Waals surface area contributed by atoms with E-state index in [2.05, 4.69) is 5.32 Å². The first-order valence-corrected chi connectivity index (χ1v) is 6.68. The monoisotopic (exact) mass is 303 g/mol. The van der Waals surface area contributed by atoms with Gasteiger partial charge >= 0.3 is 12.1 Å². The van der Waals surface area contributed by atoms with Gasteiger partial charge < -0.3 is 14.3 Å². The Morgan fingerprint density at radius 2 is 1.91 bits per heavy atom. The van der Waals surface area contributed by atoms with Crippen molar-refractivity contribution in [2.45, 2.75) is 26.4 Å². The van der Waals surface area contributed by atoms with E-state index in [1.54, 1.807) is 51.1 Å². The summed E-state index contributed by atoms with van der Waals surface area (Å²) >= 11 is 0. The zero-order chi connectivity index (χ0) is 16.3. The van der Waals surface area contributed by atoms with E-state index in [4.69, 9.17) is 14.3 Å². The summed E-state index contributed by atoms with van der Waals surface area (Å²) in [5.41, 5.74) is 0.597. The normalized spacial score (nSPS) is 11.0. The molecule has 0 radical (unpaired) electrons. The maximum atomic E-state index is 11.7. The van der Waals surface area contributed by atoms with Gasteiger partial charge in [0.1, 0.15) is 11.4 Å². The summed E-state index contributed by atoms with van der Waals surface area (Å²) in [6, 6.07) is 9.81. The highest BCUT2D eigenvalue weighted by Crippen LogP contribution is 2.25. The van der Waals surface area contributed by atoms with Crippen molar-refractivity contribution in [2.24, 2.45) is 0 Å². The van der Waals surface area contributed by atoms with Crippen LogP contribution in [0.4, 0.5) is 10.5 Å². The molecule has 0 fully saturated rings. The van der Waals surface area contributed by atoms with Gasteiger partial charge in [-0.1, -0.05) is 12.1 Å². The maximum Gasteiger partial charge on any atom is 0.412 e. The lowest BCUT2D eigenvalue weighted by Crippen LogP contribution is -2.27. The number of anilines is 1. The molecular weight excluding hydrogens is 286 g/mol. The molecule has 0 bridgehead atoms. The predicted molar refractivity (Wildman–Crippen MR) is 81.0 cm³/mol. The van der Waals surface area contributed by atoms with Crippen LogP contribution in [0.15, 0.2) is 40.8 Å². The third-order valence-corrected chi connectivity index (χ3v) is 2.61. The number of aromatic carboxylic acids is 1. The number of carbonyl (C=O) groups is 2. The van der Waals surface area contributed by atoms with E-state index in [1.807, 2.05) is 0 Å². The van der Waals surface area contributed by atoms with Gasteiger partial charge in [0.25, 0.3) is 0 Å². The number of nitrogens with one attached hydrogen (secondary N) is 1. The summed E-state index contributed by atoms with van der Waals surface area (Å²) in [4.78, 5) is 22.6. The van der Waals surface area contributed by atoms with Crippen LogP contribution in [0.2, 0.25) is 0 Å². The number of hydrogen-bond donors (Lipinski definition) is 2. The molecule has 2 N–H and O–H groups in total. The van der Waals surface area contributed by atoms with E-state index in [1.165, 1.54) is 6.07 Å². The van der Waals surface area contributed by atoms with Gasteiger partial charge in [0.05, 0.1) is 0 Å². The Hall–Kier alpha value is -2.76. The number of rotatable bonds is 3. The molecule has 0 spiro atoms. The number of carboxylic acids is 1. The zero-order valence-corrected chi connectivity index (χ0v) is 12.5. The highest BCUT2D eigenvalue weighted by Gasteiger charge is 2.16. The number of ether oxygens (including phenoxy) is 1. The second-order valence-electron chi connectivity index (χ2n) is 5.68. The standard InChI is InChI=1S/C16H17NO5/c1-16(2,3)22-15(20)17-11-6-4-5-10(9-11)12-7-8-13(21-12)14(18)19/h4-9H,1-3H3,(H,17,20)(H,18,19). The Kier molecular flexibility index (Phi) is 4.21. The van der Waals surface area contributed by atoms with Crippen LogP contribution >= 0.6 is 0 Å². The van der Waals surface area contributed by atoms with E-state index in [9.17, 15) is 9.59 Å². The third kappa shape index (κ3) is 4.12. The van der Waals surface area contributed by atoms with Crippen LogP contribution in [0.25, 0.3) is 11.3 Å². The average Bonchev–Trinajstić information content (AvgIpc) is 2.86. The molecule has 0 aliphatic carbocycles. The molecular formula is C16H17NO5. The fourth-order valence-corrected chi connectivity index (χ4v) is 1.78. The SMILES string of the molecule is CC(C)(C)OC(=O)Nc1cccc(-c2ccc(C(=O)O)o2)c1. The van der Waals surface area contributed by atoms with Gasteiger partial charge in [0.15, 0.2) is 0 Å². The molecule has 6 nitrogen and oxygen atoms in total. The third-order valence-electron chi connectivity index (χ3n) is 2.61. The second kappa shape index (κ2) is 5.93. The van der Waals surface area contributed by atoms with Crippen LogP contribution in [0.3, 0.4) is 0 Å². The highest BCUT2D eigenvalue weighted by atomic mass is 16.6. The molecule has 1 amide bonds. The van der Waals surface area contributed by atoms with Gasteiger partial charge in [-0.3, -0.25) is 5.32 Å². The smallest absolute Gasteiger partial charge is 0.412 e. The Labute approximate surface area is 127 Å². The van der Waals surface area contributed by atoms with E-state index < -0.39 is 17.7 Å². The van der Waals surface area contributed by atoms with Crippen molar-refractivity contribution < 1.29 is 23.8 Å². The van der Waals surface area contributed by atoms with Crippen LogP contribution in [-0.2, 0) is 4.74 Å². The van der Waals surface area contributed by atoms with Crippen LogP contribution in [0.1, 0.15) is 31.3 Å². The summed E-state index contributed by atoms with van der Waals surface area (Å²) in [5.74, 6) is -0.861. The van der Waals surface area contributed by atoms with Crippen LogP contribution in [0, 0.1) is 0 Å². The number of carboxylic acid groups (broad SMARTS) is 1. The molecule has 0 saturated carbocycles. The van der Waals surface area contributed by atoms with Crippen molar-refractivity contribution in [1.29, 1.82) is 0 Å². The molecule has 2 rings (SSSR count). The van der Waals surface area contributed by atoms with Gasteiger partial charge in [0, 0.05) is 11.3 Å². The van der Waals surface area contributed by atoms with Crippen LogP contribution in [0.5, 0.6) is 0 Å². The van der Waals surface area contributed by atoms with Crippen molar-refractivity contribution in [3.63, 3.8) is 0 Å². The second-order valence-corrected chi connectivity index (χ2v) is 5.68. The van der Waals surface area contributed by atoms with Gasteiger partial charge in [0.2, 0.25) is 5.76 Å². The lowest BCUT2D eigenvalue weighted by Gasteiger charge is -2.19. The number of benzene rings is 1. The number of hydrogen-bond acceptors (Lipinski definition) is 4. The maximum absolute atomic E-state index is 11.7. The summed E-state index contributed by atoms with van der Waals surface area (Å²) in [7, 11) is 0. The van der Waals surface area contributed by atoms with Crippen molar-refractivity contribution in [3.8, 4) is 11.3 Å². The fraction of sp³-hybridized carbons (Fsp3) is 0.250. The van der Waals surface area contributed by atoms with E-state index in [0.29, 0.717) is 17.0 Å². The minimum atomic E-state index is -1.13. The van der Waals surface area contributed by atoms with Crippen LogP contribution in [-0.4, -0.2) is 22.8 Å². The zero-order valence-electron chi connectivity index (χ0n) is 12.5. The largest absolute Gasteiger partial charge is 0.475 e. The summed E-state index contributed by atoms with van der Waals surface area (Å²) in [6.07, 6.45) is -0.560. The molecule has 0 aliphatic heterocycles. The summed E-state index contributed by atoms with van der Waals surface area (Å²) in [6.45, 7) is 5.33. The van der Waals surface area contributed by atoms with Gasteiger partial charge in [-0.25, -0.2) is 9.59 Å². The number of furan rings is 1. The van der Waals surface area contributed by atoms with E-state index in [-0.39, 0.29) is 5.76 Å². The van der Waals surface area contributed by atoms with Crippen molar-refractivity contribution >= 4 is 17.7 Å². The molecule has 0 atom stereocenters. The number of amides is 1. The quantitative estimate of drug-likeness (QED) is 0.894. The Balaban J connectivity index is 2.16. The molecule has 6 heteroatoms. The van der Waals surface area contributed by atoms with Crippen molar-refractivity contribution in [2.75, 3.05) is 5.32 Å². The van der Waals surface area contributed by atoms with Gasteiger partial charge in [-0.2, -0.15) is 0 Å². The molecule has 0 saturated heterocycles. The fourth-order valence-electron chi connectivity index (χ4n) is 1.78. The molecule has 1 heterocycles. The van der Waals surface area contributed by atoms with E-state index >= 15 is 0 Å². The summed E-state index contributed by atoms with van der Waals surface area (Å²) in [5, 5.41) is 11.5. The van der Waals surface area contributed by atoms with Crippen molar-refractivity contribution in [3.05, 3.63) is 42.2 Å². The van der Waals surface area contributed by atoms with Crippen molar-refractivity contribution in [1.82, 2.24) is 0 Å². The Morgan fingerprint density at radius 1 is 1.18 bits per heavy atom. The first-order chi connectivity index (χ1) is 10.2. The first-order valence-electron chi connectivity index (χ1n) is 6.68. The van der Waals surface area contributed by atoms with Gasteiger partial charge in [-0.15, -0.1) is 0 Å². The molecule has 0 unspecified atom stereocenters. The van der Waals surface area contributed by atoms with Gasteiger partial charge in [-0.05, 0) is 45.0 Å². The van der Waals surface area contributed by atoms with E-state index in [0.717, 1.165) is 0 Å². The highest BCUT2D eigenvalue weighted by molar-refractivity contribution is 5.87.